The second-order valence-electron chi connectivity index (χ2n) is 9.08. The number of nitrogens with zero attached hydrogens (tertiary/aromatic N) is 2. The van der Waals surface area contributed by atoms with E-state index in [9.17, 15) is 33.9 Å². The van der Waals surface area contributed by atoms with Gasteiger partial charge in [0.15, 0.2) is 5.96 Å². The largest absolute Gasteiger partial charge is 0.481 e. The predicted molar refractivity (Wildman–Crippen MR) is 124 cm³/mol. The molecule has 5 atom stereocenters. The molecule has 2 bridgehead atoms. The fraction of sp³-hybridized carbons (Fsp3) is 0.667. The molecular formula is C21H32N8O7. The summed E-state index contributed by atoms with van der Waals surface area (Å²) in [4.78, 5) is 81.0. The van der Waals surface area contributed by atoms with Gasteiger partial charge in [-0.25, -0.2) is 0 Å². The number of guanidine groups is 1. The molecule has 5 amide bonds. The van der Waals surface area contributed by atoms with Crippen molar-refractivity contribution in [2.75, 3.05) is 13.1 Å². The Morgan fingerprint density at radius 3 is 2.36 bits per heavy atom. The average molecular weight is 509 g/mol. The van der Waals surface area contributed by atoms with Gasteiger partial charge in [-0.1, -0.05) is 0 Å². The number of hydrogen-bond donors (Lipinski definition) is 7. The molecule has 198 valence electrons. The molecule has 3 saturated heterocycles. The minimum Gasteiger partial charge on any atom is -0.481 e. The van der Waals surface area contributed by atoms with Crippen LogP contribution in [0.25, 0.3) is 0 Å². The molecule has 0 radical (unpaired) electrons. The van der Waals surface area contributed by atoms with Crippen molar-refractivity contribution >= 4 is 41.5 Å². The molecule has 0 spiro atoms. The lowest BCUT2D eigenvalue weighted by atomic mass is 9.97. The number of nitrogens with two attached hydrogens (primary N) is 2. The number of fused-ring (bicyclic) bond motifs is 1. The van der Waals surface area contributed by atoms with Crippen LogP contribution in [0.4, 0.5) is 0 Å². The van der Waals surface area contributed by atoms with E-state index in [1.165, 1.54) is 4.90 Å². The lowest BCUT2D eigenvalue weighted by Gasteiger charge is -2.38. The van der Waals surface area contributed by atoms with Crippen LogP contribution in [0.15, 0.2) is 4.99 Å². The topological polar surface area (TPSA) is 238 Å². The summed E-state index contributed by atoms with van der Waals surface area (Å²) in [5, 5.41) is 19.1. The van der Waals surface area contributed by atoms with Crippen molar-refractivity contribution in [3.63, 3.8) is 0 Å². The van der Waals surface area contributed by atoms with Crippen molar-refractivity contribution in [2.24, 2.45) is 16.5 Å². The van der Waals surface area contributed by atoms with E-state index in [2.05, 4.69) is 26.3 Å². The first-order valence-electron chi connectivity index (χ1n) is 11.8. The van der Waals surface area contributed by atoms with Crippen molar-refractivity contribution in [1.82, 2.24) is 26.2 Å². The van der Waals surface area contributed by atoms with E-state index in [0.29, 0.717) is 32.1 Å². The van der Waals surface area contributed by atoms with Crippen LogP contribution in [-0.2, 0) is 28.8 Å². The van der Waals surface area contributed by atoms with Gasteiger partial charge in [0.2, 0.25) is 29.5 Å². The maximum absolute atomic E-state index is 13.2. The Labute approximate surface area is 206 Å². The molecule has 15 nitrogen and oxygen atoms in total. The Morgan fingerprint density at radius 2 is 1.67 bits per heavy atom. The van der Waals surface area contributed by atoms with Crippen molar-refractivity contribution in [2.45, 2.75) is 75.2 Å². The van der Waals surface area contributed by atoms with Crippen LogP contribution < -0.4 is 32.7 Å². The number of piperidine rings is 1. The summed E-state index contributed by atoms with van der Waals surface area (Å²) >= 11 is 0. The fourth-order valence-corrected chi connectivity index (χ4v) is 4.79. The lowest BCUT2D eigenvalue weighted by molar-refractivity contribution is -0.147. The van der Waals surface area contributed by atoms with Crippen LogP contribution >= 0.6 is 0 Å². The van der Waals surface area contributed by atoms with Crippen molar-refractivity contribution in [3.05, 3.63) is 0 Å². The number of rotatable bonds is 6. The molecule has 3 rings (SSSR count). The Hall–Kier alpha value is -3.91. The minimum absolute atomic E-state index is 0.114. The smallest absolute Gasteiger partial charge is 0.305 e. The van der Waals surface area contributed by atoms with E-state index >= 15 is 0 Å². The van der Waals surface area contributed by atoms with Gasteiger partial charge >= 0.3 is 5.97 Å². The van der Waals surface area contributed by atoms with Crippen LogP contribution in [0.1, 0.15) is 44.9 Å². The molecule has 0 aromatic rings. The van der Waals surface area contributed by atoms with E-state index in [4.69, 9.17) is 11.5 Å². The molecule has 3 heterocycles. The number of carboxylic acids is 1. The molecule has 0 aliphatic carbocycles. The van der Waals surface area contributed by atoms with Crippen LogP contribution in [-0.4, -0.2) is 94.8 Å². The van der Waals surface area contributed by atoms with Gasteiger partial charge in [0.25, 0.3) is 0 Å². The standard InChI is InChI=1S/C21H32N8O7/c22-21(23)24-7-1-2-11-17(33)25-9-15(30)26-13(8-16(31)32)18(34)28-12-5-3-10-4-6-14(19(35)27-11)29(10)20(12)36/h10-14H,1-9H2,(H,25,33)(H,26,30)(H,27,35)(H,28,34)(H,31,32)(H4,22,23,24)/t10-,11?,12-,13?,14?/m1/s1. The molecule has 3 aliphatic heterocycles. The van der Waals surface area contributed by atoms with Gasteiger partial charge in [-0.3, -0.25) is 33.8 Å². The Balaban J connectivity index is 1.86. The highest BCUT2D eigenvalue weighted by Gasteiger charge is 2.47. The summed E-state index contributed by atoms with van der Waals surface area (Å²) in [6.45, 7) is -0.340. The first kappa shape index (κ1) is 26.7. The third-order valence-corrected chi connectivity index (χ3v) is 6.49. The number of hydrogen-bond acceptors (Lipinski definition) is 7. The molecular weight excluding hydrogens is 476 g/mol. The zero-order chi connectivity index (χ0) is 26.4. The highest BCUT2D eigenvalue weighted by molar-refractivity contribution is 5.98. The summed E-state index contributed by atoms with van der Waals surface area (Å²) < 4.78 is 0. The summed E-state index contributed by atoms with van der Waals surface area (Å²) in [6.07, 6.45) is 1.65. The summed E-state index contributed by atoms with van der Waals surface area (Å²) in [5.74, 6) is -4.71. The van der Waals surface area contributed by atoms with E-state index in [-0.39, 0.29) is 25.0 Å². The number of carbonyl (C=O) groups is 6. The predicted octanol–water partition coefficient (Wildman–Crippen LogP) is -3.75. The highest BCUT2D eigenvalue weighted by atomic mass is 16.4. The fourth-order valence-electron chi connectivity index (χ4n) is 4.79. The van der Waals surface area contributed by atoms with Gasteiger partial charge in [0.05, 0.1) is 13.0 Å². The highest BCUT2D eigenvalue weighted by Crippen LogP contribution is 2.33. The van der Waals surface area contributed by atoms with Gasteiger partial charge in [0, 0.05) is 12.6 Å². The zero-order valence-electron chi connectivity index (χ0n) is 19.7. The number of amides is 5. The SMILES string of the molecule is NC(N)=NCCCC1NC(=O)C2CC[C@H]3CC[C@@H](NC(=O)C(CC(=O)O)NC(=O)CNC1=O)C(=O)N23. The van der Waals surface area contributed by atoms with Crippen molar-refractivity contribution < 1.29 is 33.9 Å². The molecule has 9 N–H and O–H groups in total. The third kappa shape index (κ3) is 6.60. The summed E-state index contributed by atoms with van der Waals surface area (Å²) in [6, 6.07) is -4.45. The van der Waals surface area contributed by atoms with Crippen LogP contribution in [0, 0.1) is 0 Å². The molecule has 36 heavy (non-hydrogen) atoms. The van der Waals surface area contributed by atoms with Crippen LogP contribution in [0.3, 0.4) is 0 Å². The first-order valence-corrected chi connectivity index (χ1v) is 11.8. The molecule has 0 aromatic carbocycles. The number of aliphatic carboxylic acids is 1. The van der Waals surface area contributed by atoms with E-state index in [1.807, 2.05) is 0 Å². The second kappa shape index (κ2) is 11.7. The number of nitrogens with one attached hydrogen (secondary N) is 4. The Kier molecular flexibility index (Phi) is 8.66. The summed E-state index contributed by atoms with van der Waals surface area (Å²) in [5.41, 5.74) is 10.6. The van der Waals surface area contributed by atoms with Gasteiger partial charge in [-0.15, -0.1) is 0 Å². The number of carboxylic acid groups (broad SMARTS) is 1. The maximum Gasteiger partial charge on any atom is 0.305 e. The third-order valence-electron chi connectivity index (χ3n) is 6.49. The maximum atomic E-state index is 13.2. The zero-order valence-corrected chi connectivity index (χ0v) is 19.7. The molecule has 0 aromatic heterocycles. The Bertz CT molecular complexity index is 951. The Morgan fingerprint density at radius 1 is 0.944 bits per heavy atom. The van der Waals surface area contributed by atoms with E-state index in [1.54, 1.807) is 0 Å². The van der Waals surface area contributed by atoms with E-state index < -0.39 is 72.6 Å². The molecule has 0 saturated carbocycles. The quantitative estimate of drug-likeness (QED) is 0.106. The minimum atomic E-state index is -1.45. The lowest BCUT2D eigenvalue weighted by Crippen LogP contribution is -2.61. The molecule has 3 aliphatic rings. The number of aliphatic imine (C=N–C) groups is 1. The average Bonchev–Trinajstić information content (AvgIpc) is 3.24. The van der Waals surface area contributed by atoms with Gasteiger partial charge in [-0.05, 0) is 38.5 Å². The van der Waals surface area contributed by atoms with E-state index in [0.717, 1.165) is 0 Å². The van der Waals surface area contributed by atoms with Crippen LogP contribution in [0.2, 0.25) is 0 Å². The molecule has 3 fully saturated rings. The first-order chi connectivity index (χ1) is 17.1. The number of carbonyl (C=O) groups excluding carboxylic acids is 5. The van der Waals surface area contributed by atoms with Crippen molar-refractivity contribution in [1.29, 1.82) is 0 Å². The molecule has 3 unspecified atom stereocenters. The van der Waals surface area contributed by atoms with Gasteiger partial charge < -0.3 is 42.7 Å². The van der Waals surface area contributed by atoms with Gasteiger partial charge in [-0.2, -0.15) is 0 Å². The summed E-state index contributed by atoms with van der Waals surface area (Å²) in [7, 11) is 0. The second-order valence-corrected chi connectivity index (χ2v) is 9.08. The monoisotopic (exact) mass is 508 g/mol. The molecule has 15 heteroatoms. The van der Waals surface area contributed by atoms with Crippen LogP contribution in [0.5, 0.6) is 0 Å². The normalized spacial score (nSPS) is 29.2. The van der Waals surface area contributed by atoms with Crippen molar-refractivity contribution in [3.8, 4) is 0 Å². The van der Waals surface area contributed by atoms with Gasteiger partial charge in [0.1, 0.15) is 24.2 Å².